The lowest BCUT2D eigenvalue weighted by Crippen LogP contribution is -2.26. The van der Waals surface area contributed by atoms with Crippen LogP contribution in [0.3, 0.4) is 0 Å². The van der Waals surface area contributed by atoms with E-state index >= 15 is 0 Å². The Morgan fingerprint density at radius 2 is 1.81 bits per heavy atom. The standard InChI is InChI=1S/C28H30N4O4/c1-17-23(28(33)36-18(2)19-11-5-4-6-12-19)24(21-15-9-10-16-22(21)32(34)35)25-26(20-13-7-8-14-20)30-31(3)27(25)29-17/h4-6,9-12,15-16,18,20,24,29H,7-8,13-14H2,1-3H3. The van der Waals surface area contributed by atoms with Gasteiger partial charge in [0.05, 0.1) is 22.1 Å². The number of allylic oxidation sites excluding steroid dienone is 1. The predicted octanol–water partition coefficient (Wildman–Crippen LogP) is 6.12. The second-order valence-electron chi connectivity index (χ2n) is 9.62. The summed E-state index contributed by atoms with van der Waals surface area (Å²) in [5, 5.41) is 20.3. The third-order valence-corrected chi connectivity index (χ3v) is 7.36. The molecule has 2 atom stereocenters. The number of nitrogens with zero attached hydrogens (tertiary/aromatic N) is 3. The highest BCUT2D eigenvalue weighted by molar-refractivity contribution is 5.95. The van der Waals surface area contributed by atoms with Crippen molar-refractivity contribution < 1.29 is 14.5 Å². The van der Waals surface area contributed by atoms with Gasteiger partial charge in [-0.1, -0.05) is 61.4 Å². The minimum absolute atomic E-state index is 0.0224. The molecule has 5 rings (SSSR count). The van der Waals surface area contributed by atoms with E-state index < -0.39 is 18.0 Å². The van der Waals surface area contributed by atoms with Crippen molar-refractivity contribution in [2.45, 2.75) is 57.5 Å². The first-order valence-corrected chi connectivity index (χ1v) is 12.4. The smallest absolute Gasteiger partial charge is 0.337 e. The molecule has 1 saturated carbocycles. The quantitative estimate of drug-likeness (QED) is 0.256. The highest BCUT2D eigenvalue weighted by atomic mass is 16.6. The van der Waals surface area contributed by atoms with Crippen molar-refractivity contribution >= 4 is 17.5 Å². The zero-order valence-corrected chi connectivity index (χ0v) is 20.7. The van der Waals surface area contributed by atoms with Gasteiger partial charge in [-0.25, -0.2) is 4.79 Å². The highest BCUT2D eigenvalue weighted by Crippen LogP contribution is 2.49. The molecule has 0 spiro atoms. The lowest BCUT2D eigenvalue weighted by Gasteiger charge is -2.30. The number of rotatable bonds is 6. The van der Waals surface area contributed by atoms with Crippen LogP contribution in [0.1, 0.15) is 79.9 Å². The monoisotopic (exact) mass is 486 g/mol. The molecule has 8 heteroatoms. The van der Waals surface area contributed by atoms with Crippen molar-refractivity contribution in [2.75, 3.05) is 5.32 Å². The molecule has 186 valence electrons. The normalized spacial score (nSPS) is 18.5. The summed E-state index contributed by atoms with van der Waals surface area (Å²) in [6.07, 6.45) is 3.80. The van der Waals surface area contributed by atoms with Crippen molar-refractivity contribution in [1.29, 1.82) is 0 Å². The number of anilines is 1. The Morgan fingerprint density at radius 1 is 1.14 bits per heavy atom. The Morgan fingerprint density at radius 3 is 2.50 bits per heavy atom. The SMILES string of the molecule is CC1=C(C(=O)OC(C)c2ccccc2)C(c2ccccc2[N+](=O)[O-])c2c(C3CCCC3)nn(C)c2N1. The van der Waals surface area contributed by atoms with E-state index in [-0.39, 0.29) is 16.5 Å². The average molecular weight is 487 g/mol. The third kappa shape index (κ3) is 4.17. The number of para-hydroxylation sites is 1. The molecule has 2 aromatic carbocycles. The first kappa shape index (κ1) is 23.8. The van der Waals surface area contributed by atoms with E-state index in [0.717, 1.165) is 48.3 Å². The Hall–Kier alpha value is -3.94. The van der Waals surface area contributed by atoms with Crippen LogP contribution < -0.4 is 5.32 Å². The van der Waals surface area contributed by atoms with Gasteiger partial charge >= 0.3 is 5.97 Å². The Kier molecular flexibility index (Phi) is 6.35. The van der Waals surface area contributed by atoms with Crippen LogP contribution in [0.4, 0.5) is 11.5 Å². The molecule has 1 aliphatic carbocycles. The van der Waals surface area contributed by atoms with E-state index in [4.69, 9.17) is 9.84 Å². The number of nitro benzene ring substituents is 1. The van der Waals surface area contributed by atoms with Crippen LogP contribution in [0.25, 0.3) is 0 Å². The molecule has 36 heavy (non-hydrogen) atoms. The van der Waals surface area contributed by atoms with E-state index in [9.17, 15) is 14.9 Å². The highest BCUT2D eigenvalue weighted by Gasteiger charge is 2.42. The number of ether oxygens (including phenoxy) is 1. The van der Waals surface area contributed by atoms with Crippen molar-refractivity contribution in [1.82, 2.24) is 9.78 Å². The summed E-state index contributed by atoms with van der Waals surface area (Å²) < 4.78 is 7.75. The molecule has 8 nitrogen and oxygen atoms in total. The van der Waals surface area contributed by atoms with E-state index in [2.05, 4.69) is 5.32 Å². The fourth-order valence-corrected chi connectivity index (χ4v) is 5.60. The maximum atomic E-state index is 13.8. The Labute approximate surface area is 210 Å². The number of aromatic nitrogens is 2. The maximum Gasteiger partial charge on any atom is 0.337 e. The fraction of sp³-hybridized carbons (Fsp3) is 0.357. The topological polar surface area (TPSA) is 99.3 Å². The minimum atomic E-state index is -0.664. The number of hydrogen-bond acceptors (Lipinski definition) is 6. The second kappa shape index (κ2) is 9.60. The molecule has 1 N–H and O–H groups in total. The van der Waals surface area contributed by atoms with Crippen LogP contribution in [-0.4, -0.2) is 20.7 Å². The van der Waals surface area contributed by atoms with Crippen molar-refractivity contribution in [3.8, 4) is 0 Å². The largest absolute Gasteiger partial charge is 0.454 e. The van der Waals surface area contributed by atoms with E-state index in [0.29, 0.717) is 16.8 Å². The van der Waals surface area contributed by atoms with Crippen LogP contribution in [0.5, 0.6) is 0 Å². The molecule has 3 aromatic rings. The van der Waals surface area contributed by atoms with Crippen molar-refractivity contribution in [3.05, 3.63) is 98.4 Å². The summed E-state index contributed by atoms with van der Waals surface area (Å²) >= 11 is 0. The minimum Gasteiger partial charge on any atom is -0.454 e. The van der Waals surface area contributed by atoms with E-state index in [1.54, 1.807) is 22.9 Å². The van der Waals surface area contributed by atoms with Crippen LogP contribution >= 0.6 is 0 Å². The summed E-state index contributed by atoms with van der Waals surface area (Å²) in [7, 11) is 1.87. The van der Waals surface area contributed by atoms with Crippen LogP contribution in [0, 0.1) is 10.1 Å². The number of nitro groups is 1. The number of carbonyl (C=O) groups excluding carboxylic acids is 1. The number of benzene rings is 2. The summed E-state index contributed by atoms with van der Waals surface area (Å²) in [5.74, 6) is -0.134. The number of aryl methyl sites for hydroxylation is 1. The number of carbonyl (C=O) groups is 1. The molecule has 2 aliphatic rings. The molecule has 1 aromatic heterocycles. The summed E-state index contributed by atoms with van der Waals surface area (Å²) in [6.45, 7) is 3.65. The molecule has 1 aliphatic heterocycles. The molecule has 0 saturated heterocycles. The summed E-state index contributed by atoms with van der Waals surface area (Å²) in [6, 6.07) is 16.2. The van der Waals surface area contributed by atoms with Gasteiger partial charge in [-0.05, 0) is 32.3 Å². The second-order valence-corrected chi connectivity index (χ2v) is 9.62. The van der Waals surface area contributed by atoms with Gasteiger partial charge in [0.15, 0.2) is 0 Å². The summed E-state index contributed by atoms with van der Waals surface area (Å²) in [4.78, 5) is 25.5. The van der Waals surface area contributed by atoms with Gasteiger partial charge in [0.1, 0.15) is 11.9 Å². The first-order chi connectivity index (χ1) is 17.4. The first-order valence-electron chi connectivity index (χ1n) is 12.4. The molecule has 1 fully saturated rings. The van der Waals surface area contributed by atoms with Crippen LogP contribution in [0.15, 0.2) is 65.9 Å². The predicted molar refractivity (Wildman–Crippen MR) is 137 cm³/mol. The number of fused-ring (bicyclic) bond motifs is 1. The number of esters is 1. The average Bonchev–Trinajstić information content (AvgIpc) is 3.52. The molecule has 2 unspecified atom stereocenters. The zero-order valence-electron chi connectivity index (χ0n) is 20.7. The van der Waals surface area contributed by atoms with E-state index in [1.165, 1.54) is 6.07 Å². The molecule has 0 amide bonds. The molecular weight excluding hydrogens is 456 g/mol. The molecular formula is C28H30N4O4. The Balaban J connectivity index is 1.65. The molecule has 0 bridgehead atoms. The molecule has 0 radical (unpaired) electrons. The summed E-state index contributed by atoms with van der Waals surface area (Å²) in [5.41, 5.74) is 4.06. The van der Waals surface area contributed by atoms with Gasteiger partial charge in [-0.15, -0.1) is 0 Å². The number of nitrogens with one attached hydrogen (secondary N) is 1. The van der Waals surface area contributed by atoms with Gasteiger partial charge < -0.3 is 10.1 Å². The van der Waals surface area contributed by atoms with Gasteiger partial charge in [0.25, 0.3) is 5.69 Å². The lowest BCUT2D eigenvalue weighted by molar-refractivity contribution is -0.385. The third-order valence-electron chi connectivity index (χ3n) is 7.36. The Bertz CT molecular complexity index is 1340. The van der Waals surface area contributed by atoms with Gasteiger partial charge in [-0.2, -0.15) is 5.10 Å². The van der Waals surface area contributed by atoms with Crippen LogP contribution in [0.2, 0.25) is 0 Å². The molecule has 2 heterocycles. The van der Waals surface area contributed by atoms with Gasteiger partial charge in [0.2, 0.25) is 0 Å². The zero-order chi connectivity index (χ0) is 25.4. The maximum absolute atomic E-state index is 13.8. The van der Waals surface area contributed by atoms with Gasteiger partial charge in [0, 0.05) is 35.9 Å². The van der Waals surface area contributed by atoms with Crippen LogP contribution in [-0.2, 0) is 16.6 Å². The number of hydrogen-bond donors (Lipinski definition) is 1. The van der Waals surface area contributed by atoms with Crippen molar-refractivity contribution in [2.24, 2.45) is 7.05 Å². The lowest BCUT2D eigenvalue weighted by atomic mass is 9.78. The fourth-order valence-electron chi connectivity index (χ4n) is 5.60. The van der Waals surface area contributed by atoms with E-state index in [1.807, 2.05) is 51.2 Å². The van der Waals surface area contributed by atoms with Gasteiger partial charge in [-0.3, -0.25) is 14.8 Å². The van der Waals surface area contributed by atoms with Crippen molar-refractivity contribution in [3.63, 3.8) is 0 Å².